The van der Waals surface area contributed by atoms with E-state index < -0.39 is 0 Å². The van der Waals surface area contributed by atoms with Crippen LogP contribution in [-0.4, -0.2) is 42.7 Å². The van der Waals surface area contributed by atoms with E-state index in [-0.39, 0.29) is 17.7 Å². The summed E-state index contributed by atoms with van der Waals surface area (Å²) < 4.78 is 26.8. The summed E-state index contributed by atoms with van der Waals surface area (Å²) in [5, 5.41) is 4.00. The quantitative estimate of drug-likeness (QED) is 0.798. The molecule has 0 radical (unpaired) electrons. The minimum atomic E-state index is -0.248. The van der Waals surface area contributed by atoms with Crippen molar-refractivity contribution in [3.05, 3.63) is 71.3 Å². The number of nitrogens with zero attached hydrogens (tertiary/aromatic N) is 1. The van der Waals surface area contributed by atoms with Gasteiger partial charge in [0.15, 0.2) is 5.11 Å². The van der Waals surface area contributed by atoms with Crippen molar-refractivity contribution in [2.45, 2.75) is 13.0 Å². The normalized spacial score (nSPS) is 15.3. The minimum Gasteiger partial charge on any atom is -0.363 e. The van der Waals surface area contributed by atoms with Crippen LogP contribution >= 0.6 is 12.2 Å². The third kappa shape index (κ3) is 4.37. The molecule has 2 N–H and O–H groups in total. The van der Waals surface area contributed by atoms with Crippen molar-refractivity contribution in [1.82, 2.24) is 10.2 Å². The molecule has 0 aliphatic carbocycles. The fourth-order valence-electron chi connectivity index (χ4n) is 3.52. The zero-order chi connectivity index (χ0) is 18.5. The summed E-state index contributed by atoms with van der Waals surface area (Å²) in [5.74, 6) is -0.496. The van der Waals surface area contributed by atoms with E-state index in [2.05, 4.69) is 10.2 Å². The van der Waals surface area contributed by atoms with Gasteiger partial charge in [0.2, 0.25) is 0 Å². The largest absolute Gasteiger partial charge is 0.363 e. The number of quaternary nitrogens is 1. The lowest BCUT2D eigenvalue weighted by Crippen LogP contribution is -3.15. The predicted octanol–water partition coefficient (Wildman–Crippen LogP) is 2.15. The average Bonchev–Trinajstić information content (AvgIpc) is 2.66. The van der Waals surface area contributed by atoms with Gasteiger partial charge in [-0.1, -0.05) is 0 Å². The summed E-state index contributed by atoms with van der Waals surface area (Å²) in [6, 6.07) is 13.3. The third-order valence-electron chi connectivity index (χ3n) is 4.84. The van der Waals surface area contributed by atoms with Crippen molar-refractivity contribution >= 4 is 17.3 Å². The van der Waals surface area contributed by atoms with E-state index in [9.17, 15) is 8.78 Å². The number of thiocarbonyl (C=S) groups is 1. The van der Waals surface area contributed by atoms with Gasteiger partial charge in [0, 0.05) is 17.7 Å². The molecule has 0 saturated carbocycles. The maximum absolute atomic E-state index is 13.4. The summed E-state index contributed by atoms with van der Waals surface area (Å²) in [5.41, 5.74) is 2.08. The molecule has 0 amide bonds. The SMILES string of the molecule is CCNC(=S)N1CC[NH+](C(c2ccc(F)cc2)c2ccc(F)cc2)CC1. The number of hydrogen-bond acceptors (Lipinski definition) is 1. The molecule has 1 fully saturated rings. The fraction of sp³-hybridized carbons (Fsp3) is 0.350. The first-order valence-corrected chi connectivity index (χ1v) is 9.37. The topological polar surface area (TPSA) is 19.7 Å². The molecule has 0 atom stereocenters. The van der Waals surface area contributed by atoms with E-state index in [0.29, 0.717) is 0 Å². The number of nitrogens with one attached hydrogen (secondary N) is 2. The van der Waals surface area contributed by atoms with Crippen molar-refractivity contribution in [3.63, 3.8) is 0 Å². The van der Waals surface area contributed by atoms with Crippen LogP contribution in [0.2, 0.25) is 0 Å². The molecule has 138 valence electrons. The van der Waals surface area contributed by atoms with Crippen LogP contribution in [0, 0.1) is 11.6 Å². The second-order valence-electron chi connectivity index (χ2n) is 6.52. The second kappa shape index (κ2) is 8.56. The van der Waals surface area contributed by atoms with Crippen molar-refractivity contribution in [3.8, 4) is 0 Å². The third-order valence-corrected chi connectivity index (χ3v) is 5.24. The van der Waals surface area contributed by atoms with Gasteiger partial charge in [0.25, 0.3) is 0 Å². The van der Waals surface area contributed by atoms with Crippen LogP contribution in [0.25, 0.3) is 0 Å². The Kier molecular flexibility index (Phi) is 6.16. The Morgan fingerprint density at radius 1 is 1.00 bits per heavy atom. The zero-order valence-corrected chi connectivity index (χ0v) is 15.7. The molecule has 6 heteroatoms. The molecular formula is C20H24F2N3S+. The van der Waals surface area contributed by atoms with Crippen molar-refractivity contribution in [2.24, 2.45) is 0 Å². The molecule has 2 aromatic rings. The average molecular weight is 376 g/mol. The first-order valence-electron chi connectivity index (χ1n) is 8.96. The molecule has 3 rings (SSSR count). The van der Waals surface area contributed by atoms with Gasteiger partial charge in [0.1, 0.15) is 17.7 Å². The summed E-state index contributed by atoms with van der Waals surface area (Å²) in [6.45, 7) is 6.39. The molecule has 0 aromatic heterocycles. The van der Waals surface area contributed by atoms with E-state index in [1.54, 1.807) is 0 Å². The van der Waals surface area contributed by atoms with Crippen LogP contribution in [0.4, 0.5) is 8.78 Å². The van der Waals surface area contributed by atoms with Gasteiger partial charge in [-0.15, -0.1) is 0 Å². The van der Waals surface area contributed by atoms with E-state index in [0.717, 1.165) is 49.0 Å². The molecular weight excluding hydrogens is 352 g/mol. The Balaban J connectivity index is 1.81. The van der Waals surface area contributed by atoms with Gasteiger partial charge in [0.05, 0.1) is 26.2 Å². The van der Waals surface area contributed by atoms with E-state index in [4.69, 9.17) is 12.2 Å². The van der Waals surface area contributed by atoms with Crippen molar-refractivity contribution < 1.29 is 13.7 Å². The second-order valence-corrected chi connectivity index (χ2v) is 6.90. The smallest absolute Gasteiger partial charge is 0.169 e. The maximum atomic E-state index is 13.4. The lowest BCUT2D eigenvalue weighted by Gasteiger charge is -2.38. The first-order chi connectivity index (χ1) is 12.6. The van der Waals surface area contributed by atoms with E-state index >= 15 is 0 Å². The number of halogens is 2. The highest BCUT2D eigenvalue weighted by molar-refractivity contribution is 7.80. The number of rotatable bonds is 4. The van der Waals surface area contributed by atoms with Gasteiger partial charge in [-0.25, -0.2) is 8.78 Å². The maximum Gasteiger partial charge on any atom is 0.169 e. The van der Waals surface area contributed by atoms with E-state index in [1.165, 1.54) is 29.2 Å². The van der Waals surface area contributed by atoms with Crippen LogP contribution in [0.15, 0.2) is 48.5 Å². The molecule has 0 spiro atoms. The molecule has 1 aliphatic heterocycles. The molecule has 26 heavy (non-hydrogen) atoms. The first kappa shape index (κ1) is 18.7. The Morgan fingerprint density at radius 3 is 1.88 bits per heavy atom. The van der Waals surface area contributed by atoms with Gasteiger partial charge >= 0.3 is 0 Å². The molecule has 0 bridgehead atoms. The zero-order valence-electron chi connectivity index (χ0n) is 14.8. The highest BCUT2D eigenvalue weighted by Crippen LogP contribution is 2.20. The Bertz CT molecular complexity index is 680. The lowest BCUT2D eigenvalue weighted by atomic mass is 9.96. The minimum absolute atomic E-state index is 0.0473. The van der Waals surface area contributed by atoms with Gasteiger partial charge in [-0.3, -0.25) is 0 Å². The molecule has 0 unspecified atom stereocenters. The van der Waals surface area contributed by atoms with Crippen LogP contribution in [0.1, 0.15) is 24.1 Å². The molecule has 2 aromatic carbocycles. The monoisotopic (exact) mass is 376 g/mol. The highest BCUT2D eigenvalue weighted by Gasteiger charge is 2.30. The van der Waals surface area contributed by atoms with Gasteiger partial charge < -0.3 is 15.1 Å². The highest BCUT2D eigenvalue weighted by atomic mass is 32.1. The molecule has 3 nitrogen and oxygen atoms in total. The predicted molar refractivity (Wildman–Crippen MR) is 103 cm³/mol. The van der Waals surface area contributed by atoms with Crippen LogP contribution in [0.3, 0.4) is 0 Å². The Hall–Kier alpha value is -2.05. The number of hydrogen-bond donors (Lipinski definition) is 2. The number of piperazine rings is 1. The summed E-state index contributed by atoms with van der Waals surface area (Å²) in [6.07, 6.45) is 0. The Morgan fingerprint density at radius 2 is 1.46 bits per heavy atom. The molecule has 1 aliphatic rings. The van der Waals surface area contributed by atoms with Crippen molar-refractivity contribution in [2.75, 3.05) is 32.7 Å². The van der Waals surface area contributed by atoms with Gasteiger partial charge in [-0.2, -0.15) is 0 Å². The van der Waals surface area contributed by atoms with E-state index in [1.807, 2.05) is 31.2 Å². The molecule has 1 saturated heterocycles. The van der Waals surface area contributed by atoms with Crippen LogP contribution < -0.4 is 10.2 Å². The summed E-state index contributed by atoms with van der Waals surface area (Å²) in [7, 11) is 0. The Labute approximate surface area is 158 Å². The van der Waals surface area contributed by atoms with Gasteiger partial charge in [-0.05, 0) is 67.7 Å². The molecule has 1 heterocycles. The van der Waals surface area contributed by atoms with Crippen LogP contribution in [0.5, 0.6) is 0 Å². The summed E-state index contributed by atoms with van der Waals surface area (Å²) >= 11 is 5.42. The standard InChI is InChI=1S/C20H23F2N3S/c1-2-23-20(26)25-13-11-24(12-14-25)19(15-3-7-17(21)8-4-15)16-5-9-18(22)10-6-16/h3-10,19H,2,11-14H2,1H3,(H,23,26)/p+1. The fourth-order valence-corrected chi connectivity index (χ4v) is 3.85. The number of benzene rings is 2. The lowest BCUT2D eigenvalue weighted by molar-refractivity contribution is -0.929. The van der Waals surface area contributed by atoms with Crippen LogP contribution in [-0.2, 0) is 0 Å². The van der Waals surface area contributed by atoms with Crippen molar-refractivity contribution in [1.29, 1.82) is 0 Å². The summed E-state index contributed by atoms with van der Waals surface area (Å²) in [4.78, 5) is 3.56.